The summed E-state index contributed by atoms with van der Waals surface area (Å²) in [6.45, 7) is 4.40. The first-order chi connectivity index (χ1) is 6.74. The van der Waals surface area contributed by atoms with Crippen LogP contribution in [0.4, 0.5) is 0 Å². The van der Waals surface area contributed by atoms with Crippen molar-refractivity contribution in [3.63, 3.8) is 0 Å². The zero-order chi connectivity index (χ0) is 10.4. The van der Waals surface area contributed by atoms with Crippen molar-refractivity contribution in [2.24, 2.45) is 11.8 Å². The van der Waals surface area contributed by atoms with Gasteiger partial charge in [0.15, 0.2) is 0 Å². The lowest BCUT2D eigenvalue weighted by Crippen LogP contribution is -2.29. The summed E-state index contributed by atoms with van der Waals surface area (Å²) in [6.07, 6.45) is 7.23. The van der Waals surface area contributed by atoms with Gasteiger partial charge in [0.1, 0.15) is 0 Å². The van der Waals surface area contributed by atoms with Gasteiger partial charge in [-0.3, -0.25) is 21.2 Å². The molecule has 78 valence electrons. The number of nitrogens with zero attached hydrogens (tertiary/aromatic N) is 2. The van der Waals surface area contributed by atoms with Gasteiger partial charge < -0.3 is 0 Å². The van der Waals surface area contributed by atoms with Crippen LogP contribution in [-0.4, -0.2) is 9.97 Å². The zero-order valence-corrected chi connectivity index (χ0v) is 8.77. The van der Waals surface area contributed by atoms with Crippen molar-refractivity contribution in [2.75, 3.05) is 0 Å². The molecule has 0 spiro atoms. The molecule has 1 heterocycles. The molecule has 0 aliphatic heterocycles. The summed E-state index contributed by atoms with van der Waals surface area (Å²) in [5, 5.41) is 0. The third kappa shape index (κ3) is 3.40. The Hall–Kier alpha value is -1.00. The van der Waals surface area contributed by atoms with Crippen molar-refractivity contribution < 1.29 is 0 Å². The first-order valence-corrected chi connectivity index (χ1v) is 4.96. The lowest BCUT2D eigenvalue weighted by Gasteiger charge is -2.15. The van der Waals surface area contributed by atoms with Crippen LogP contribution < -0.4 is 11.3 Å². The van der Waals surface area contributed by atoms with E-state index < -0.39 is 0 Å². The SMILES string of the molecule is CC(C)CCC(NN)c1cnccn1. The average molecular weight is 194 g/mol. The summed E-state index contributed by atoms with van der Waals surface area (Å²) in [7, 11) is 0. The molecule has 0 bridgehead atoms. The minimum Gasteiger partial charge on any atom is -0.271 e. The molecule has 14 heavy (non-hydrogen) atoms. The van der Waals surface area contributed by atoms with Crippen molar-refractivity contribution in [2.45, 2.75) is 32.7 Å². The van der Waals surface area contributed by atoms with Crippen molar-refractivity contribution >= 4 is 0 Å². The molecule has 0 radical (unpaired) electrons. The average Bonchev–Trinajstić information content (AvgIpc) is 2.20. The second-order valence-electron chi connectivity index (χ2n) is 3.82. The van der Waals surface area contributed by atoms with E-state index in [1.165, 1.54) is 0 Å². The summed E-state index contributed by atoms with van der Waals surface area (Å²) in [4.78, 5) is 8.25. The Kier molecular flexibility index (Phi) is 4.49. The smallest absolute Gasteiger partial charge is 0.0769 e. The van der Waals surface area contributed by atoms with E-state index in [9.17, 15) is 0 Å². The molecule has 1 unspecified atom stereocenters. The lowest BCUT2D eigenvalue weighted by molar-refractivity contribution is 0.440. The van der Waals surface area contributed by atoms with E-state index in [0.717, 1.165) is 18.5 Å². The quantitative estimate of drug-likeness (QED) is 0.549. The normalized spacial score (nSPS) is 13.1. The van der Waals surface area contributed by atoms with Gasteiger partial charge >= 0.3 is 0 Å². The Labute approximate surface area is 84.9 Å². The molecule has 1 aromatic rings. The number of rotatable bonds is 5. The molecule has 1 atom stereocenters. The Bertz CT molecular complexity index is 248. The summed E-state index contributed by atoms with van der Waals surface area (Å²) >= 11 is 0. The Balaban J connectivity index is 2.54. The van der Waals surface area contributed by atoms with Gasteiger partial charge in [-0.1, -0.05) is 13.8 Å². The van der Waals surface area contributed by atoms with Crippen LogP contribution in [0.25, 0.3) is 0 Å². The van der Waals surface area contributed by atoms with Crippen LogP contribution in [0, 0.1) is 5.92 Å². The summed E-state index contributed by atoms with van der Waals surface area (Å²) in [5.41, 5.74) is 3.68. The molecule has 0 saturated heterocycles. The molecule has 4 nitrogen and oxygen atoms in total. The molecule has 0 fully saturated rings. The van der Waals surface area contributed by atoms with E-state index in [-0.39, 0.29) is 6.04 Å². The molecule has 0 aliphatic rings. The highest BCUT2D eigenvalue weighted by Gasteiger charge is 2.11. The summed E-state index contributed by atoms with van der Waals surface area (Å²) < 4.78 is 0. The molecular weight excluding hydrogens is 176 g/mol. The maximum atomic E-state index is 5.47. The highest BCUT2D eigenvalue weighted by molar-refractivity contribution is 5.01. The second kappa shape index (κ2) is 5.67. The van der Waals surface area contributed by atoms with Crippen molar-refractivity contribution in [3.05, 3.63) is 24.3 Å². The molecule has 0 aromatic carbocycles. The molecule has 0 saturated carbocycles. The first kappa shape index (κ1) is 11.1. The monoisotopic (exact) mass is 194 g/mol. The highest BCUT2D eigenvalue weighted by Crippen LogP contribution is 2.17. The fraction of sp³-hybridized carbons (Fsp3) is 0.600. The number of hydrogen-bond acceptors (Lipinski definition) is 4. The Morgan fingerprint density at radius 3 is 2.64 bits per heavy atom. The van der Waals surface area contributed by atoms with E-state index in [1.54, 1.807) is 18.6 Å². The third-order valence-corrected chi connectivity index (χ3v) is 2.17. The summed E-state index contributed by atoms with van der Waals surface area (Å²) in [6, 6.07) is 0.117. The fourth-order valence-corrected chi connectivity index (χ4v) is 1.31. The van der Waals surface area contributed by atoms with Gasteiger partial charge in [0, 0.05) is 12.4 Å². The predicted molar refractivity (Wildman–Crippen MR) is 56.2 cm³/mol. The highest BCUT2D eigenvalue weighted by atomic mass is 15.2. The zero-order valence-electron chi connectivity index (χ0n) is 8.77. The van der Waals surface area contributed by atoms with Gasteiger partial charge in [-0.2, -0.15) is 0 Å². The van der Waals surface area contributed by atoms with E-state index in [1.807, 2.05) is 0 Å². The number of aromatic nitrogens is 2. The lowest BCUT2D eigenvalue weighted by atomic mass is 10.0. The van der Waals surface area contributed by atoms with Gasteiger partial charge in [-0.15, -0.1) is 0 Å². The van der Waals surface area contributed by atoms with Crippen molar-refractivity contribution in [1.82, 2.24) is 15.4 Å². The van der Waals surface area contributed by atoms with Crippen LogP contribution in [0.1, 0.15) is 38.4 Å². The number of nitrogens with one attached hydrogen (secondary N) is 1. The van der Waals surface area contributed by atoms with Crippen molar-refractivity contribution in [3.8, 4) is 0 Å². The van der Waals surface area contributed by atoms with E-state index >= 15 is 0 Å². The molecule has 3 N–H and O–H groups in total. The molecule has 4 heteroatoms. The van der Waals surface area contributed by atoms with E-state index in [2.05, 4.69) is 29.2 Å². The van der Waals surface area contributed by atoms with Gasteiger partial charge in [-0.05, 0) is 18.8 Å². The fourth-order valence-electron chi connectivity index (χ4n) is 1.31. The molecule has 0 amide bonds. The standard InChI is InChI=1S/C10H18N4/c1-8(2)3-4-9(14-11)10-7-12-5-6-13-10/h5-9,14H,3-4,11H2,1-2H3. The maximum absolute atomic E-state index is 5.47. The summed E-state index contributed by atoms with van der Waals surface area (Å²) in [5.74, 6) is 6.16. The van der Waals surface area contributed by atoms with Crippen LogP contribution in [0.3, 0.4) is 0 Å². The van der Waals surface area contributed by atoms with Gasteiger partial charge in [-0.25, -0.2) is 0 Å². The van der Waals surface area contributed by atoms with Crippen LogP contribution in [-0.2, 0) is 0 Å². The minimum atomic E-state index is 0.117. The Morgan fingerprint density at radius 2 is 2.14 bits per heavy atom. The van der Waals surface area contributed by atoms with Gasteiger partial charge in [0.05, 0.1) is 17.9 Å². The number of hydrazine groups is 1. The predicted octanol–water partition coefficient (Wildman–Crippen LogP) is 1.42. The second-order valence-corrected chi connectivity index (χ2v) is 3.82. The molecular formula is C10H18N4. The van der Waals surface area contributed by atoms with Crippen LogP contribution >= 0.6 is 0 Å². The number of nitrogens with two attached hydrogens (primary N) is 1. The number of hydrogen-bond donors (Lipinski definition) is 2. The molecule has 0 aliphatic carbocycles. The van der Waals surface area contributed by atoms with Crippen molar-refractivity contribution in [1.29, 1.82) is 0 Å². The van der Waals surface area contributed by atoms with E-state index in [4.69, 9.17) is 5.84 Å². The Morgan fingerprint density at radius 1 is 1.36 bits per heavy atom. The third-order valence-electron chi connectivity index (χ3n) is 2.17. The van der Waals surface area contributed by atoms with E-state index in [0.29, 0.717) is 5.92 Å². The largest absolute Gasteiger partial charge is 0.271 e. The van der Waals surface area contributed by atoms with Crippen LogP contribution in [0.15, 0.2) is 18.6 Å². The first-order valence-electron chi connectivity index (χ1n) is 4.96. The topological polar surface area (TPSA) is 63.8 Å². The van der Waals surface area contributed by atoms with Crippen LogP contribution in [0.5, 0.6) is 0 Å². The minimum absolute atomic E-state index is 0.117. The molecule has 1 rings (SSSR count). The molecule has 1 aromatic heterocycles. The van der Waals surface area contributed by atoms with Crippen LogP contribution in [0.2, 0.25) is 0 Å². The maximum Gasteiger partial charge on any atom is 0.0769 e. The van der Waals surface area contributed by atoms with Gasteiger partial charge in [0.25, 0.3) is 0 Å². The van der Waals surface area contributed by atoms with Gasteiger partial charge in [0.2, 0.25) is 0 Å².